The number of aromatic nitrogens is 3. The highest BCUT2D eigenvalue weighted by atomic mass is 35.5. The van der Waals surface area contributed by atoms with Gasteiger partial charge in [-0.2, -0.15) is 4.98 Å². The fourth-order valence-electron chi connectivity index (χ4n) is 4.10. The van der Waals surface area contributed by atoms with Crippen molar-refractivity contribution in [1.82, 2.24) is 15.1 Å². The van der Waals surface area contributed by atoms with Crippen LogP contribution in [-0.2, 0) is 9.53 Å². The third kappa shape index (κ3) is 6.79. The molecule has 1 saturated carbocycles. The molecule has 30 heavy (non-hydrogen) atoms. The second kappa shape index (κ2) is 12.0. The highest BCUT2D eigenvalue weighted by Gasteiger charge is 2.25. The van der Waals surface area contributed by atoms with E-state index in [1.54, 1.807) is 18.3 Å². The number of hydrogen-bond acceptors (Lipinski definition) is 6. The summed E-state index contributed by atoms with van der Waals surface area (Å²) in [6.45, 7) is 2.54. The molecule has 0 aliphatic heterocycles. The molecule has 0 spiro atoms. The minimum absolute atomic E-state index is 0.139. The number of hydrogen-bond donors (Lipinski definition) is 0. The van der Waals surface area contributed by atoms with E-state index in [-0.39, 0.29) is 18.3 Å². The Balaban J connectivity index is 1.65. The van der Waals surface area contributed by atoms with E-state index < -0.39 is 0 Å². The van der Waals surface area contributed by atoms with Gasteiger partial charge >= 0.3 is 5.97 Å². The van der Waals surface area contributed by atoms with Crippen molar-refractivity contribution < 1.29 is 14.1 Å². The normalized spacial score (nSPS) is 15.8. The first-order valence-electron chi connectivity index (χ1n) is 11.3. The molecule has 1 fully saturated rings. The standard InChI is InChI=1S/C23H32ClN3O3/c1-2-3-15-29-20(28)16-18(12-7-11-17-9-5-4-6-10-17)23-26-22(27-30-23)19-13-8-14-25-21(19)24/h8,13-14,17-18H,2-7,9-12,15-16H2,1H3. The van der Waals surface area contributed by atoms with Crippen LogP contribution in [0.25, 0.3) is 11.4 Å². The van der Waals surface area contributed by atoms with Crippen molar-refractivity contribution >= 4 is 17.6 Å². The molecule has 164 valence electrons. The molecule has 1 aliphatic carbocycles. The quantitative estimate of drug-likeness (QED) is 0.233. The van der Waals surface area contributed by atoms with Crippen molar-refractivity contribution in [3.63, 3.8) is 0 Å². The molecule has 0 saturated heterocycles. The number of carbonyl (C=O) groups is 1. The molecule has 0 aromatic carbocycles. The highest BCUT2D eigenvalue weighted by Crippen LogP contribution is 2.32. The zero-order valence-corrected chi connectivity index (χ0v) is 18.6. The molecule has 1 unspecified atom stereocenters. The monoisotopic (exact) mass is 433 g/mol. The van der Waals surface area contributed by atoms with Gasteiger partial charge in [0.15, 0.2) is 0 Å². The summed E-state index contributed by atoms with van der Waals surface area (Å²) in [5.74, 6) is 1.34. The lowest BCUT2D eigenvalue weighted by Gasteiger charge is -2.22. The van der Waals surface area contributed by atoms with E-state index in [4.69, 9.17) is 20.9 Å². The van der Waals surface area contributed by atoms with Crippen LogP contribution in [0.5, 0.6) is 0 Å². The molecule has 0 amide bonds. The first kappa shape index (κ1) is 22.7. The Hall–Kier alpha value is -1.95. The van der Waals surface area contributed by atoms with Gasteiger partial charge in [0, 0.05) is 12.1 Å². The average molecular weight is 434 g/mol. The summed E-state index contributed by atoms with van der Waals surface area (Å²) in [6.07, 6.45) is 13.5. The van der Waals surface area contributed by atoms with E-state index in [9.17, 15) is 4.79 Å². The van der Waals surface area contributed by atoms with Gasteiger partial charge in [-0.05, 0) is 30.9 Å². The summed E-state index contributed by atoms with van der Waals surface area (Å²) >= 11 is 6.17. The van der Waals surface area contributed by atoms with Crippen molar-refractivity contribution in [2.24, 2.45) is 5.92 Å². The molecule has 2 aromatic rings. The maximum atomic E-state index is 12.4. The van der Waals surface area contributed by atoms with Gasteiger partial charge < -0.3 is 9.26 Å². The molecular formula is C23H32ClN3O3. The number of nitrogens with zero attached hydrogens (tertiary/aromatic N) is 3. The molecule has 1 atom stereocenters. The fourth-order valence-corrected chi connectivity index (χ4v) is 4.30. The van der Waals surface area contributed by atoms with Gasteiger partial charge in [-0.1, -0.05) is 75.0 Å². The van der Waals surface area contributed by atoms with E-state index >= 15 is 0 Å². The summed E-state index contributed by atoms with van der Waals surface area (Å²) < 4.78 is 10.9. The Kier molecular flexibility index (Phi) is 9.12. The van der Waals surface area contributed by atoms with Crippen molar-refractivity contribution in [1.29, 1.82) is 0 Å². The van der Waals surface area contributed by atoms with Gasteiger partial charge in [-0.25, -0.2) is 4.98 Å². The van der Waals surface area contributed by atoms with E-state index in [1.165, 1.54) is 38.5 Å². The SMILES string of the molecule is CCCCOC(=O)CC(CCCC1CCCCC1)c1nc(-c2cccnc2Cl)no1. The number of pyridine rings is 1. The topological polar surface area (TPSA) is 78.1 Å². The predicted molar refractivity (Wildman–Crippen MR) is 116 cm³/mol. The molecular weight excluding hydrogens is 402 g/mol. The van der Waals surface area contributed by atoms with Crippen LogP contribution in [0.2, 0.25) is 5.15 Å². The summed E-state index contributed by atoms with van der Waals surface area (Å²) in [5, 5.41) is 4.42. The molecule has 3 rings (SSSR count). The summed E-state index contributed by atoms with van der Waals surface area (Å²) in [4.78, 5) is 21.0. The van der Waals surface area contributed by atoms with E-state index in [1.807, 2.05) is 0 Å². The lowest BCUT2D eigenvalue weighted by atomic mass is 9.84. The van der Waals surface area contributed by atoms with Crippen LogP contribution in [-0.4, -0.2) is 27.7 Å². The van der Waals surface area contributed by atoms with Crippen LogP contribution in [0.3, 0.4) is 0 Å². The van der Waals surface area contributed by atoms with Crippen LogP contribution in [0.1, 0.15) is 89.4 Å². The highest BCUT2D eigenvalue weighted by molar-refractivity contribution is 6.31. The lowest BCUT2D eigenvalue weighted by Crippen LogP contribution is -2.13. The maximum absolute atomic E-state index is 12.4. The third-order valence-electron chi connectivity index (χ3n) is 5.85. The molecule has 7 heteroatoms. The maximum Gasteiger partial charge on any atom is 0.306 e. The van der Waals surface area contributed by atoms with Crippen molar-refractivity contribution in [3.8, 4) is 11.4 Å². The van der Waals surface area contributed by atoms with Crippen LogP contribution >= 0.6 is 11.6 Å². The second-order valence-electron chi connectivity index (χ2n) is 8.21. The summed E-state index contributed by atoms with van der Waals surface area (Å²) in [7, 11) is 0. The first-order chi connectivity index (χ1) is 14.7. The summed E-state index contributed by atoms with van der Waals surface area (Å²) in [5.41, 5.74) is 0.626. The smallest absolute Gasteiger partial charge is 0.306 e. The van der Waals surface area contributed by atoms with Gasteiger partial charge in [0.2, 0.25) is 11.7 Å². The van der Waals surface area contributed by atoms with E-state index in [0.29, 0.717) is 29.0 Å². The zero-order chi connectivity index (χ0) is 21.2. The van der Waals surface area contributed by atoms with Gasteiger partial charge in [-0.3, -0.25) is 4.79 Å². The van der Waals surface area contributed by atoms with Gasteiger partial charge in [-0.15, -0.1) is 0 Å². The van der Waals surface area contributed by atoms with Gasteiger partial charge in [0.25, 0.3) is 0 Å². The summed E-state index contributed by atoms with van der Waals surface area (Å²) in [6, 6.07) is 3.59. The molecule has 0 radical (unpaired) electrons. The zero-order valence-electron chi connectivity index (χ0n) is 17.8. The first-order valence-corrected chi connectivity index (χ1v) is 11.6. The van der Waals surface area contributed by atoms with Crippen molar-refractivity contribution in [3.05, 3.63) is 29.4 Å². The van der Waals surface area contributed by atoms with E-state index in [0.717, 1.165) is 31.6 Å². The number of unbranched alkanes of at least 4 members (excludes halogenated alkanes) is 1. The van der Waals surface area contributed by atoms with Gasteiger partial charge in [0.05, 0.1) is 18.6 Å². The Morgan fingerprint density at radius 3 is 2.90 bits per heavy atom. The number of esters is 1. The molecule has 0 N–H and O–H groups in total. The number of rotatable bonds is 11. The molecule has 2 aromatic heterocycles. The number of ether oxygens (including phenoxy) is 1. The molecule has 0 bridgehead atoms. The Morgan fingerprint density at radius 1 is 1.30 bits per heavy atom. The Bertz CT molecular complexity index is 790. The average Bonchev–Trinajstić information content (AvgIpc) is 3.24. The van der Waals surface area contributed by atoms with E-state index in [2.05, 4.69) is 22.0 Å². The second-order valence-corrected chi connectivity index (χ2v) is 8.57. The minimum atomic E-state index is -0.203. The fraction of sp³-hybridized carbons (Fsp3) is 0.652. The lowest BCUT2D eigenvalue weighted by molar-refractivity contribution is -0.144. The van der Waals surface area contributed by atoms with Gasteiger partial charge in [0.1, 0.15) is 5.15 Å². The minimum Gasteiger partial charge on any atom is -0.466 e. The molecule has 6 nitrogen and oxygen atoms in total. The third-order valence-corrected chi connectivity index (χ3v) is 6.16. The van der Waals surface area contributed by atoms with Crippen LogP contribution in [0.4, 0.5) is 0 Å². The number of halogens is 1. The molecule has 2 heterocycles. The van der Waals surface area contributed by atoms with Crippen molar-refractivity contribution in [2.75, 3.05) is 6.61 Å². The largest absolute Gasteiger partial charge is 0.466 e. The number of carbonyl (C=O) groups excluding carboxylic acids is 1. The van der Waals surface area contributed by atoms with Crippen LogP contribution in [0, 0.1) is 5.92 Å². The van der Waals surface area contributed by atoms with Crippen molar-refractivity contribution in [2.45, 2.75) is 83.5 Å². The molecule has 1 aliphatic rings. The predicted octanol–water partition coefficient (Wildman–Crippen LogP) is 6.35. The Labute approximate surface area is 183 Å². The Morgan fingerprint density at radius 2 is 2.13 bits per heavy atom. The van der Waals surface area contributed by atoms with Crippen LogP contribution in [0.15, 0.2) is 22.9 Å². The van der Waals surface area contributed by atoms with Crippen LogP contribution < -0.4 is 0 Å².